The summed E-state index contributed by atoms with van der Waals surface area (Å²) < 4.78 is 25.9. The number of aryl methyl sites for hydroxylation is 1. The van der Waals surface area contributed by atoms with Gasteiger partial charge in [0.05, 0.1) is 5.38 Å². The van der Waals surface area contributed by atoms with Gasteiger partial charge in [0.2, 0.25) is 0 Å². The van der Waals surface area contributed by atoms with Gasteiger partial charge in [0.15, 0.2) is 11.5 Å². The Kier molecular flexibility index (Phi) is 4.09. The third-order valence-electron chi connectivity index (χ3n) is 3.36. The number of alkyl halides is 1. The average molecular weight is 372 g/mol. The second-order valence-electron chi connectivity index (χ2n) is 4.90. The van der Waals surface area contributed by atoms with Gasteiger partial charge in [-0.15, -0.1) is 11.6 Å². The predicted octanol–water partition coefficient (Wildman–Crippen LogP) is 5.00. The van der Waals surface area contributed by atoms with E-state index in [1.165, 1.54) is 6.07 Å². The number of benzene rings is 2. The summed E-state index contributed by atoms with van der Waals surface area (Å²) >= 11 is 9.94. The van der Waals surface area contributed by atoms with E-state index in [0.717, 1.165) is 15.6 Å². The first-order valence-corrected chi connectivity index (χ1v) is 7.78. The first-order chi connectivity index (χ1) is 10.1. The maximum atomic E-state index is 14.1. The number of rotatable bonds is 2. The molecule has 2 aromatic rings. The third-order valence-corrected chi connectivity index (χ3v) is 4.52. The largest absolute Gasteiger partial charge is 0.486 e. The fourth-order valence-electron chi connectivity index (χ4n) is 2.28. The van der Waals surface area contributed by atoms with Crippen LogP contribution in [0.15, 0.2) is 34.8 Å². The van der Waals surface area contributed by atoms with Crippen LogP contribution >= 0.6 is 27.5 Å². The van der Waals surface area contributed by atoms with Gasteiger partial charge >= 0.3 is 0 Å². The van der Waals surface area contributed by atoms with Gasteiger partial charge in [0.25, 0.3) is 0 Å². The molecule has 2 aromatic carbocycles. The van der Waals surface area contributed by atoms with Crippen LogP contribution in [0, 0.1) is 12.7 Å². The van der Waals surface area contributed by atoms with E-state index in [4.69, 9.17) is 21.1 Å². The number of ether oxygens (including phenoxy) is 2. The zero-order chi connectivity index (χ0) is 15.0. The quantitative estimate of drug-likeness (QED) is 0.692. The molecule has 110 valence electrons. The molecule has 0 radical (unpaired) electrons. The van der Waals surface area contributed by atoms with Crippen molar-refractivity contribution in [2.45, 2.75) is 12.3 Å². The van der Waals surface area contributed by atoms with Crippen LogP contribution in [0.2, 0.25) is 0 Å². The first-order valence-electron chi connectivity index (χ1n) is 6.55. The Morgan fingerprint density at radius 2 is 1.76 bits per heavy atom. The fourth-order valence-corrected chi connectivity index (χ4v) is 3.32. The Bertz CT molecular complexity index is 690. The lowest BCUT2D eigenvalue weighted by molar-refractivity contribution is 0.171. The van der Waals surface area contributed by atoms with Crippen molar-refractivity contribution in [1.82, 2.24) is 0 Å². The van der Waals surface area contributed by atoms with Gasteiger partial charge in [-0.1, -0.05) is 28.1 Å². The van der Waals surface area contributed by atoms with Crippen LogP contribution in [0.1, 0.15) is 22.1 Å². The van der Waals surface area contributed by atoms with Gasteiger partial charge in [-0.3, -0.25) is 0 Å². The summed E-state index contributed by atoms with van der Waals surface area (Å²) in [5.74, 6) is 1.000. The Hall–Kier alpha value is -1.26. The van der Waals surface area contributed by atoms with Crippen molar-refractivity contribution in [3.05, 3.63) is 57.3 Å². The molecular formula is C16H13BrClFO2. The molecule has 0 spiro atoms. The van der Waals surface area contributed by atoms with Gasteiger partial charge in [-0.2, -0.15) is 0 Å². The third kappa shape index (κ3) is 2.87. The molecule has 3 rings (SSSR count). The molecule has 0 bridgehead atoms. The summed E-state index contributed by atoms with van der Waals surface area (Å²) in [6, 6.07) is 8.66. The predicted molar refractivity (Wildman–Crippen MR) is 84.0 cm³/mol. The Morgan fingerprint density at radius 3 is 2.43 bits per heavy atom. The Labute approximate surface area is 136 Å². The van der Waals surface area contributed by atoms with Gasteiger partial charge in [0.1, 0.15) is 19.0 Å². The standard InChI is InChI=1S/C16H13BrClFO2/c1-9-2-3-10(13(19)6-9)16(18)11-7-14-15(8-12(11)17)21-5-4-20-14/h2-3,6-8,16H,4-5H2,1H3. The molecule has 0 fully saturated rings. The molecule has 0 amide bonds. The normalized spacial score (nSPS) is 14.9. The van der Waals surface area contributed by atoms with Crippen molar-refractivity contribution >= 4 is 27.5 Å². The molecule has 1 aliphatic heterocycles. The van der Waals surface area contributed by atoms with Crippen molar-refractivity contribution in [2.75, 3.05) is 13.2 Å². The highest BCUT2D eigenvalue weighted by Gasteiger charge is 2.22. The van der Waals surface area contributed by atoms with Gasteiger partial charge in [-0.25, -0.2) is 4.39 Å². The van der Waals surface area contributed by atoms with E-state index >= 15 is 0 Å². The lowest BCUT2D eigenvalue weighted by atomic mass is 10.0. The molecule has 21 heavy (non-hydrogen) atoms. The van der Waals surface area contributed by atoms with Crippen molar-refractivity contribution in [1.29, 1.82) is 0 Å². The van der Waals surface area contributed by atoms with Gasteiger partial charge in [-0.05, 0) is 36.2 Å². The zero-order valence-electron chi connectivity index (χ0n) is 11.3. The van der Waals surface area contributed by atoms with Crippen molar-refractivity contribution in [3.8, 4) is 11.5 Å². The van der Waals surface area contributed by atoms with Gasteiger partial charge < -0.3 is 9.47 Å². The molecule has 0 saturated carbocycles. The Balaban J connectivity index is 2.03. The number of hydrogen-bond acceptors (Lipinski definition) is 2. The molecule has 1 aliphatic rings. The minimum atomic E-state index is -0.601. The van der Waals surface area contributed by atoms with Crippen LogP contribution in [0.4, 0.5) is 4.39 Å². The number of halogens is 3. The molecule has 5 heteroatoms. The topological polar surface area (TPSA) is 18.5 Å². The monoisotopic (exact) mass is 370 g/mol. The fraction of sp³-hybridized carbons (Fsp3) is 0.250. The van der Waals surface area contributed by atoms with E-state index in [2.05, 4.69) is 15.9 Å². The molecule has 0 saturated heterocycles. The molecule has 0 aromatic heterocycles. The van der Waals surface area contributed by atoms with Crippen molar-refractivity contribution in [3.63, 3.8) is 0 Å². The van der Waals surface area contributed by atoms with Gasteiger partial charge in [0, 0.05) is 10.0 Å². The van der Waals surface area contributed by atoms with Crippen molar-refractivity contribution < 1.29 is 13.9 Å². The maximum absolute atomic E-state index is 14.1. The van der Waals surface area contributed by atoms with Crippen LogP contribution in [0.5, 0.6) is 11.5 Å². The summed E-state index contributed by atoms with van der Waals surface area (Å²) in [5.41, 5.74) is 2.06. The molecular weight excluding hydrogens is 359 g/mol. The van der Waals surface area contributed by atoms with E-state index < -0.39 is 5.38 Å². The second-order valence-corrected chi connectivity index (χ2v) is 6.20. The SMILES string of the molecule is Cc1ccc(C(Cl)c2cc3c(cc2Br)OCCO3)c(F)c1. The van der Waals surface area contributed by atoms with Crippen LogP contribution < -0.4 is 9.47 Å². The summed E-state index contributed by atoms with van der Waals surface area (Å²) in [6.07, 6.45) is 0. The van der Waals surface area contributed by atoms with Crippen LogP contribution in [0.3, 0.4) is 0 Å². The molecule has 1 heterocycles. The molecule has 0 aliphatic carbocycles. The summed E-state index contributed by atoms with van der Waals surface area (Å²) in [6.45, 7) is 2.87. The summed E-state index contributed by atoms with van der Waals surface area (Å²) in [7, 11) is 0. The molecule has 0 N–H and O–H groups in total. The Morgan fingerprint density at radius 1 is 1.10 bits per heavy atom. The smallest absolute Gasteiger partial charge is 0.162 e. The van der Waals surface area contributed by atoms with E-state index in [1.54, 1.807) is 12.1 Å². The highest BCUT2D eigenvalue weighted by Crippen LogP contribution is 2.42. The lowest BCUT2D eigenvalue weighted by Gasteiger charge is -2.21. The number of fused-ring (bicyclic) bond motifs is 1. The van der Waals surface area contributed by atoms with Crippen LogP contribution in [0.25, 0.3) is 0 Å². The minimum absolute atomic E-state index is 0.309. The average Bonchev–Trinajstić information content (AvgIpc) is 2.46. The maximum Gasteiger partial charge on any atom is 0.162 e. The summed E-state index contributed by atoms with van der Waals surface area (Å²) in [4.78, 5) is 0. The van der Waals surface area contributed by atoms with Crippen molar-refractivity contribution in [2.24, 2.45) is 0 Å². The van der Waals surface area contributed by atoms with E-state index in [0.29, 0.717) is 30.3 Å². The van der Waals surface area contributed by atoms with Crippen LogP contribution in [-0.4, -0.2) is 13.2 Å². The van der Waals surface area contributed by atoms with Crippen LogP contribution in [-0.2, 0) is 0 Å². The number of hydrogen-bond donors (Lipinski definition) is 0. The van der Waals surface area contributed by atoms with E-state index in [1.807, 2.05) is 19.1 Å². The summed E-state index contributed by atoms with van der Waals surface area (Å²) in [5, 5.41) is -0.601. The van der Waals surface area contributed by atoms with E-state index in [9.17, 15) is 4.39 Å². The van der Waals surface area contributed by atoms with E-state index in [-0.39, 0.29) is 5.82 Å². The second kappa shape index (κ2) is 5.85. The lowest BCUT2D eigenvalue weighted by Crippen LogP contribution is -2.15. The molecule has 1 unspecified atom stereocenters. The minimum Gasteiger partial charge on any atom is -0.486 e. The zero-order valence-corrected chi connectivity index (χ0v) is 13.7. The molecule has 2 nitrogen and oxygen atoms in total. The highest BCUT2D eigenvalue weighted by atomic mass is 79.9. The first kappa shape index (κ1) is 14.7. The highest BCUT2D eigenvalue weighted by molar-refractivity contribution is 9.10. The molecule has 1 atom stereocenters.